The van der Waals surface area contributed by atoms with Gasteiger partial charge in [0.25, 0.3) is 0 Å². The molecule has 0 spiro atoms. The molecule has 6 nitrogen and oxygen atoms in total. The number of hydrogen-bond donors (Lipinski definition) is 2. The van der Waals surface area contributed by atoms with Crippen LogP contribution in [0.1, 0.15) is 24.1 Å². The normalized spacial score (nSPS) is 16.7. The molecule has 0 amide bonds. The summed E-state index contributed by atoms with van der Waals surface area (Å²) in [6.45, 7) is 4.86. The van der Waals surface area contributed by atoms with E-state index in [4.69, 9.17) is 4.74 Å². The summed E-state index contributed by atoms with van der Waals surface area (Å²) in [5.74, 6) is 1.76. The van der Waals surface area contributed by atoms with Gasteiger partial charge in [0.05, 0.1) is 7.11 Å². The number of benzene rings is 1. The van der Waals surface area contributed by atoms with Gasteiger partial charge >= 0.3 is 0 Å². The minimum Gasteiger partial charge on any atom is -0.497 e. The van der Waals surface area contributed by atoms with E-state index in [-0.39, 0.29) is 24.0 Å². The molecule has 0 bridgehead atoms. The largest absolute Gasteiger partial charge is 0.497 e. The summed E-state index contributed by atoms with van der Waals surface area (Å²) in [6, 6.07) is 12.8. The van der Waals surface area contributed by atoms with Crippen LogP contribution in [0.15, 0.2) is 47.6 Å². The molecule has 3 rings (SSSR count). The number of rotatable bonds is 6. The van der Waals surface area contributed by atoms with Crippen LogP contribution in [0.2, 0.25) is 0 Å². The predicted octanol–water partition coefficient (Wildman–Crippen LogP) is 3.39. The molecule has 29 heavy (non-hydrogen) atoms. The third-order valence-corrected chi connectivity index (χ3v) is 5.08. The number of halogens is 1. The zero-order chi connectivity index (χ0) is 19.8. The molecule has 2 heterocycles. The Bertz CT molecular complexity index is 781. The second-order valence-corrected chi connectivity index (χ2v) is 7.19. The van der Waals surface area contributed by atoms with Crippen LogP contribution >= 0.6 is 24.0 Å². The third-order valence-electron chi connectivity index (χ3n) is 5.08. The Morgan fingerprint density at radius 1 is 1.31 bits per heavy atom. The number of aliphatic imine (C=N–C) groups is 1. The van der Waals surface area contributed by atoms with E-state index in [1.54, 1.807) is 7.11 Å². The number of hydrogen-bond acceptors (Lipinski definition) is 4. The predicted molar refractivity (Wildman–Crippen MR) is 131 cm³/mol. The lowest BCUT2D eigenvalue weighted by molar-refractivity contribution is 0.414. The summed E-state index contributed by atoms with van der Waals surface area (Å²) < 4.78 is 5.37. The fraction of sp³-hybridized carbons (Fsp3) is 0.455. The molecule has 0 aliphatic carbocycles. The number of piperidine rings is 1. The molecule has 158 valence electrons. The molecule has 1 aliphatic rings. The first-order valence-electron chi connectivity index (χ1n) is 9.95. The Kier molecular flexibility index (Phi) is 9.50. The van der Waals surface area contributed by atoms with Crippen LogP contribution in [-0.4, -0.2) is 50.8 Å². The van der Waals surface area contributed by atoms with Gasteiger partial charge < -0.3 is 20.3 Å². The van der Waals surface area contributed by atoms with E-state index in [0.29, 0.717) is 6.04 Å². The fourth-order valence-corrected chi connectivity index (χ4v) is 3.50. The number of nitrogens with one attached hydrogen (secondary N) is 2. The fourth-order valence-electron chi connectivity index (χ4n) is 3.50. The van der Waals surface area contributed by atoms with Gasteiger partial charge in [-0.15, -0.1) is 24.0 Å². The highest BCUT2D eigenvalue weighted by Gasteiger charge is 2.21. The average molecular weight is 509 g/mol. The molecule has 1 aromatic carbocycles. The molecule has 1 unspecified atom stereocenters. The zero-order valence-electron chi connectivity index (χ0n) is 17.5. The van der Waals surface area contributed by atoms with E-state index >= 15 is 0 Å². The molecule has 1 aromatic heterocycles. The smallest absolute Gasteiger partial charge is 0.191 e. The molecule has 0 radical (unpaired) electrons. The maximum atomic E-state index is 5.37. The first-order chi connectivity index (χ1) is 13.7. The maximum absolute atomic E-state index is 5.37. The van der Waals surface area contributed by atoms with Crippen molar-refractivity contribution in [1.82, 2.24) is 15.6 Å². The van der Waals surface area contributed by atoms with Crippen LogP contribution < -0.4 is 20.3 Å². The van der Waals surface area contributed by atoms with Gasteiger partial charge in [0, 0.05) is 56.4 Å². The van der Waals surface area contributed by atoms with Gasteiger partial charge in [-0.2, -0.15) is 0 Å². The number of ether oxygens (including phenoxy) is 1. The van der Waals surface area contributed by atoms with Gasteiger partial charge in [0.2, 0.25) is 0 Å². The highest BCUT2D eigenvalue weighted by atomic mass is 127. The van der Waals surface area contributed by atoms with Crippen LogP contribution in [-0.2, 0) is 6.42 Å². The molecule has 1 fully saturated rings. The number of methoxy groups -OCH3 is 1. The Morgan fingerprint density at radius 3 is 2.90 bits per heavy atom. The summed E-state index contributed by atoms with van der Waals surface area (Å²) >= 11 is 0. The third kappa shape index (κ3) is 7.06. The first kappa shape index (κ1) is 23.3. The average Bonchev–Trinajstić information content (AvgIpc) is 2.74. The van der Waals surface area contributed by atoms with Gasteiger partial charge in [0.1, 0.15) is 5.75 Å². The Morgan fingerprint density at radius 2 is 2.17 bits per heavy atom. The van der Waals surface area contributed by atoms with Crippen molar-refractivity contribution in [1.29, 1.82) is 0 Å². The number of aromatic nitrogens is 1. The van der Waals surface area contributed by atoms with Crippen molar-refractivity contribution in [2.75, 3.05) is 38.7 Å². The number of aryl methyl sites for hydroxylation is 1. The minimum atomic E-state index is 0. The van der Waals surface area contributed by atoms with Crippen LogP contribution in [0.5, 0.6) is 5.75 Å². The van der Waals surface area contributed by atoms with Gasteiger partial charge in [-0.05, 0) is 49.9 Å². The molecular weight excluding hydrogens is 477 g/mol. The zero-order valence-corrected chi connectivity index (χ0v) is 19.8. The van der Waals surface area contributed by atoms with E-state index in [9.17, 15) is 0 Å². The number of nitrogens with zero attached hydrogens (tertiary/aromatic N) is 3. The lowest BCUT2D eigenvalue weighted by Gasteiger charge is -2.35. The highest BCUT2D eigenvalue weighted by molar-refractivity contribution is 14.0. The summed E-state index contributed by atoms with van der Waals surface area (Å²) in [5, 5.41) is 7.00. The van der Waals surface area contributed by atoms with Gasteiger partial charge in [-0.25, -0.2) is 0 Å². The van der Waals surface area contributed by atoms with Crippen molar-refractivity contribution in [2.45, 2.75) is 32.2 Å². The van der Waals surface area contributed by atoms with Crippen molar-refractivity contribution < 1.29 is 4.74 Å². The van der Waals surface area contributed by atoms with Crippen molar-refractivity contribution >= 4 is 35.6 Å². The van der Waals surface area contributed by atoms with Gasteiger partial charge in [-0.3, -0.25) is 9.98 Å². The molecule has 7 heteroatoms. The van der Waals surface area contributed by atoms with Gasteiger partial charge in [0.15, 0.2) is 5.96 Å². The van der Waals surface area contributed by atoms with Crippen LogP contribution in [0.3, 0.4) is 0 Å². The number of anilines is 1. The Labute approximate surface area is 191 Å². The SMILES string of the molecule is CN=C(NCCc1ccc(C)nc1)NC1CCCN(c2cccc(OC)c2)C1.I. The van der Waals surface area contributed by atoms with Crippen molar-refractivity contribution in [3.8, 4) is 5.75 Å². The Balaban J connectivity index is 0.00000300. The molecule has 2 aromatic rings. The van der Waals surface area contributed by atoms with Crippen molar-refractivity contribution in [2.24, 2.45) is 4.99 Å². The molecule has 0 saturated carbocycles. The summed E-state index contributed by atoms with van der Waals surface area (Å²) in [7, 11) is 3.54. The number of guanidine groups is 1. The second-order valence-electron chi connectivity index (χ2n) is 7.19. The van der Waals surface area contributed by atoms with Crippen LogP contribution in [0.25, 0.3) is 0 Å². The van der Waals surface area contributed by atoms with Crippen LogP contribution in [0.4, 0.5) is 5.69 Å². The Hall–Kier alpha value is -2.03. The topological polar surface area (TPSA) is 61.8 Å². The van der Waals surface area contributed by atoms with Crippen LogP contribution in [0, 0.1) is 6.92 Å². The summed E-state index contributed by atoms with van der Waals surface area (Å²) in [4.78, 5) is 11.2. The van der Waals surface area contributed by atoms with Crippen molar-refractivity contribution in [3.05, 3.63) is 53.9 Å². The molecule has 2 N–H and O–H groups in total. The van der Waals surface area contributed by atoms with E-state index < -0.39 is 0 Å². The monoisotopic (exact) mass is 509 g/mol. The lowest BCUT2D eigenvalue weighted by Crippen LogP contribution is -2.51. The number of pyridine rings is 1. The lowest BCUT2D eigenvalue weighted by atomic mass is 10.0. The van der Waals surface area contributed by atoms with E-state index in [1.165, 1.54) is 11.3 Å². The minimum absolute atomic E-state index is 0. The van der Waals surface area contributed by atoms with E-state index in [2.05, 4.69) is 49.8 Å². The van der Waals surface area contributed by atoms with Crippen molar-refractivity contribution in [3.63, 3.8) is 0 Å². The second kappa shape index (κ2) is 11.8. The summed E-state index contributed by atoms with van der Waals surface area (Å²) in [5.41, 5.74) is 3.49. The molecule has 1 aliphatic heterocycles. The molecular formula is C22H32IN5O. The molecule has 1 saturated heterocycles. The van der Waals surface area contributed by atoms with Gasteiger partial charge in [-0.1, -0.05) is 12.1 Å². The first-order valence-corrected chi connectivity index (χ1v) is 9.95. The maximum Gasteiger partial charge on any atom is 0.191 e. The highest BCUT2D eigenvalue weighted by Crippen LogP contribution is 2.24. The van der Waals surface area contributed by atoms with E-state index in [0.717, 1.165) is 56.3 Å². The molecule has 1 atom stereocenters. The summed E-state index contributed by atoms with van der Waals surface area (Å²) in [6.07, 6.45) is 5.17. The quantitative estimate of drug-likeness (QED) is 0.355. The standard InChI is InChI=1S/C22H31N5O.HI/c1-17-9-10-18(15-25-17)11-12-24-22(23-2)26-19-6-5-13-27(16-19)20-7-4-8-21(14-20)28-3;/h4,7-10,14-15,19H,5-6,11-13,16H2,1-3H3,(H2,23,24,26);1H. The van der Waals surface area contributed by atoms with E-state index in [1.807, 2.05) is 32.3 Å².